The Morgan fingerprint density at radius 2 is 1.83 bits per heavy atom. The van der Waals surface area contributed by atoms with Gasteiger partial charge in [-0.05, 0) is 11.6 Å². The molecule has 1 aromatic carbocycles. The van der Waals surface area contributed by atoms with Gasteiger partial charge in [-0.15, -0.1) is 0 Å². The molecule has 1 unspecified atom stereocenters. The standard InChI is InChI=1S/C21H22N4O4/c1-20(2)28-18(26)21(19(27)29-20)11-14-5-3-4-6-15(14)25-10-9-24(13-16(21)25)17-12-22-7-8-23-17/h3-8,12,16H,9-11,13H2,1-2H3. The van der Waals surface area contributed by atoms with E-state index >= 15 is 0 Å². The number of nitrogens with zero attached hydrogens (tertiary/aromatic N) is 4. The second-order valence-electron chi connectivity index (χ2n) is 8.17. The Morgan fingerprint density at radius 1 is 1.07 bits per heavy atom. The number of hydrogen-bond donors (Lipinski definition) is 0. The van der Waals surface area contributed by atoms with Crippen LogP contribution in [-0.2, 0) is 25.5 Å². The predicted molar refractivity (Wildman–Crippen MR) is 104 cm³/mol. The third kappa shape index (κ3) is 2.66. The summed E-state index contributed by atoms with van der Waals surface area (Å²) in [4.78, 5) is 39.4. The molecule has 8 nitrogen and oxygen atoms in total. The lowest BCUT2D eigenvalue weighted by Gasteiger charge is -2.54. The number of rotatable bonds is 1. The molecule has 1 atom stereocenters. The minimum absolute atomic E-state index is 0.256. The lowest BCUT2D eigenvalue weighted by atomic mass is 9.69. The van der Waals surface area contributed by atoms with E-state index < -0.39 is 29.2 Å². The Labute approximate surface area is 168 Å². The first-order chi connectivity index (χ1) is 13.9. The van der Waals surface area contributed by atoms with Crippen molar-refractivity contribution in [2.75, 3.05) is 29.4 Å². The maximum absolute atomic E-state index is 13.3. The highest BCUT2D eigenvalue weighted by molar-refractivity contribution is 6.04. The molecule has 0 radical (unpaired) electrons. The fraction of sp³-hybridized carbons (Fsp3) is 0.429. The van der Waals surface area contributed by atoms with Crippen LogP contribution in [0.3, 0.4) is 0 Å². The number of fused-ring (bicyclic) bond motifs is 4. The molecule has 0 N–H and O–H groups in total. The number of esters is 2. The predicted octanol–water partition coefficient (Wildman–Crippen LogP) is 1.55. The number of anilines is 2. The van der Waals surface area contributed by atoms with E-state index in [1.165, 1.54) is 0 Å². The molecule has 2 fully saturated rings. The molecule has 2 saturated heterocycles. The van der Waals surface area contributed by atoms with E-state index in [0.717, 1.165) is 17.1 Å². The topological polar surface area (TPSA) is 84.9 Å². The average molecular weight is 394 g/mol. The Hall–Kier alpha value is -3.16. The van der Waals surface area contributed by atoms with Crippen molar-refractivity contribution < 1.29 is 19.1 Å². The highest BCUT2D eigenvalue weighted by Crippen LogP contribution is 2.47. The molecule has 4 heterocycles. The smallest absolute Gasteiger partial charge is 0.329 e. The Bertz CT molecular complexity index is 958. The minimum Gasteiger partial charge on any atom is -0.422 e. The molecule has 0 bridgehead atoms. The third-order valence-corrected chi connectivity index (χ3v) is 6.00. The second-order valence-corrected chi connectivity index (χ2v) is 8.17. The van der Waals surface area contributed by atoms with Gasteiger partial charge in [0.1, 0.15) is 5.82 Å². The van der Waals surface area contributed by atoms with Crippen molar-refractivity contribution >= 4 is 23.4 Å². The lowest BCUT2D eigenvalue weighted by molar-refractivity contribution is -0.253. The highest BCUT2D eigenvalue weighted by Gasteiger charge is 2.64. The average Bonchev–Trinajstić information content (AvgIpc) is 2.71. The summed E-state index contributed by atoms with van der Waals surface area (Å²) in [6.07, 6.45) is 5.21. The number of carbonyl (C=O) groups excluding carboxylic acids is 2. The van der Waals surface area contributed by atoms with Crippen LogP contribution >= 0.6 is 0 Å². The van der Waals surface area contributed by atoms with E-state index in [1.807, 2.05) is 24.3 Å². The van der Waals surface area contributed by atoms with E-state index in [0.29, 0.717) is 19.6 Å². The molecular weight excluding hydrogens is 372 g/mol. The lowest BCUT2D eigenvalue weighted by Crippen LogP contribution is -2.71. The van der Waals surface area contributed by atoms with Crippen LogP contribution in [0.4, 0.5) is 11.5 Å². The third-order valence-electron chi connectivity index (χ3n) is 6.00. The van der Waals surface area contributed by atoms with Crippen molar-refractivity contribution in [3.05, 3.63) is 48.4 Å². The van der Waals surface area contributed by atoms with Gasteiger partial charge in [0.15, 0.2) is 5.41 Å². The van der Waals surface area contributed by atoms with Gasteiger partial charge in [-0.2, -0.15) is 0 Å². The van der Waals surface area contributed by atoms with Gasteiger partial charge < -0.3 is 19.3 Å². The van der Waals surface area contributed by atoms with Crippen molar-refractivity contribution in [3.8, 4) is 0 Å². The van der Waals surface area contributed by atoms with E-state index in [4.69, 9.17) is 9.47 Å². The summed E-state index contributed by atoms with van der Waals surface area (Å²) < 4.78 is 11.2. The van der Waals surface area contributed by atoms with Crippen LogP contribution < -0.4 is 9.80 Å². The van der Waals surface area contributed by atoms with Gasteiger partial charge in [0.25, 0.3) is 5.79 Å². The molecule has 1 spiro atoms. The largest absolute Gasteiger partial charge is 0.422 e. The van der Waals surface area contributed by atoms with E-state index in [-0.39, 0.29) is 6.42 Å². The summed E-state index contributed by atoms with van der Waals surface area (Å²) in [5.74, 6) is -1.59. The van der Waals surface area contributed by atoms with Gasteiger partial charge in [0.05, 0.1) is 12.2 Å². The number of piperazine rings is 1. The van der Waals surface area contributed by atoms with Gasteiger partial charge in [0.2, 0.25) is 0 Å². The summed E-state index contributed by atoms with van der Waals surface area (Å²) in [5, 5.41) is 0. The fourth-order valence-electron chi connectivity index (χ4n) is 4.66. The quantitative estimate of drug-likeness (QED) is 0.532. The Kier molecular flexibility index (Phi) is 3.81. The first-order valence-corrected chi connectivity index (χ1v) is 9.73. The normalized spacial score (nSPS) is 24.4. The van der Waals surface area contributed by atoms with Crippen LogP contribution in [0.2, 0.25) is 0 Å². The summed E-state index contributed by atoms with van der Waals surface area (Å²) in [7, 11) is 0. The SMILES string of the molecule is CC1(C)OC(=O)C2(Cc3ccccc3N3CCN(c4cnccn4)CC32)C(=O)O1. The summed E-state index contributed by atoms with van der Waals surface area (Å²) in [6.45, 7) is 4.95. The van der Waals surface area contributed by atoms with Crippen LogP contribution in [0.5, 0.6) is 0 Å². The fourth-order valence-corrected chi connectivity index (χ4v) is 4.66. The van der Waals surface area contributed by atoms with Gasteiger partial charge in [-0.1, -0.05) is 18.2 Å². The van der Waals surface area contributed by atoms with Crippen LogP contribution in [0.25, 0.3) is 0 Å². The van der Waals surface area contributed by atoms with Crippen molar-refractivity contribution in [2.24, 2.45) is 5.41 Å². The first kappa shape index (κ1) is 17.9. The van der Waals surface area contributed by atoms with Crippen molar-refractivity contribution in [3.63, 3.8) is 0 Å². The molecule has 3 aliphatic heterocycles. The monoisotopic (exact) mass is 394 g/mol. The Morgan fingerprint density at radius 3 is 2.55 bits per heavy atom. The highest BCUT2D eigenvalue weighted by atomic mass is 16.7. The number of carbonyl (C=O) groups is 2. The molecule has 3 aliphatic rings. The zero-order valence-electron chi connectivity index (χ0n) is 16.4. The number of cyclic esters (lactones) is 2. The van der Waals surface area contributed by atoms with E-state index in [9.17, 15) is 9.59 Å². The molecule has 8 heteroatoms. The zero-order valence-corrected chi connectivity index (χ0v) is 16.4. The molecule has 150 valence electrons. The second kappa shape index (κ2) is 6.17. The maximum atomic E-state index is 13.3. The van der Waals surface area contributed by atoms with Crippen molar-refractivity contribution in [1.29, 1.82) is 0 Å². The maximum Gasteiger partial charge on any atom is 0.329 e. The molecule has 1 aromatic heterocycles. The molecule has 5 rings (SSSR count). The number of para-hydroxylation sites is 1. The Balaban J connectivity index is 1.61. The van der Waals surface area contributed by atoms with Crippen molar-refractivity contribution in [1.82, 2.24) is 9.97 Å². The molecular formula is C21H22N4O4. The van der Waals surface area contributed by atoms with Crippen LogP contribution in [-0.4, -0.2) is 53.4 Å². The number of ether oxygens (including phenoxy) is 2. The van der Waals surface area contributed by atoms with Crippen LogP contribution in [0.15, 0.2) is 42.9 Å². The first-order valence-electron chi connectivity index (χ1n) is 9.73. The summed E-state index contributed by atoms with van der Waals surface area (Å²) in [5.41, 5.74) is 0.586. The summed E-state index contributed by atoms with van der Waals surface area (Å²) in [6, 6.07) is 7.47. The van der Waals surface area contributed by atoms with Crippen molar-refractivity contribution in [2.45, 2.75) is 32.1 Å². The van der Waals surface area contributed by atoms with E-state index in [1.54, 1.807) is 32.4 Å². The van der Waals surface area contributed by atoms with Gasteiger partial charge in [-0.25, -0.2) is 4.98 Å². The minimum atomic E-state index is -1.41. The molecule has 0 amide bonds. The van der Waals surface area contributed by atoms with Gasteiger partial charge >= 0.3 is 11.9 Å². The van der Waals surface area contributed by atoms with Gasteiger partial charge in [-0.3, -0.25) is 14.6 Å². The molecule has 0 saturated carbocycles. The molecule has 29 heavy (non-hydrogen) atoms. The van der Waals surface area contributed by atoms with Crippen LogP contribution in [0.1, 0.15) is 19.4 Å². The number of hydrogen-bond acceptors (Lipinski definition) is 8. The molecule has 2 aromatic rings. The number of aromatic nitrogens is 2. The zero-order chi connectivity index (χ0) is 20.2. The molecule has 0 aliphatic carbocycles. The summed E-state index contributed by atoms with van der Waals surface area (Å²) >= 11 is 0. The van der Waals surface area contributed by atoms with Gasteiger partial charge in [0, 0.05) is 58.0 Å². The van der Waals surface area contributed by atoms with E-state index in [2.05, 4.69) is 19.8 Å². The number of benzene rings is 1. The van der Waals surface area contributed by atoms with Crippen LogP contribution in [0, 0.1) is 5.41 Å².